The predicted octanol–water partition coefficient (Wildman–Crippen LogP) is 3.25. The van der Waals surface area contributed by atoms with Gasteiger partial charge in [-0.05, 0) is 42.5 Å². The van der Waals surface area contributed by atoms with Crippen LogP contribution in [0, 0.1) is 0 Å². The second kappa shape index (κ2) is 4.87. The van der Waals surface area contributed by atoms with Gasteiger partial charge in [-0.2, -0.15) is 0 Å². The molecule has 1 spiro atoms. The van der Waals surface area contributed by atoms with E-state index in [1.54, 1.807) is 0 Å². The van der Waals surface area contributed by atoms with Crippen LogP contribution in [0.2, 0.25) is 0 Å². The van der Waals surface area contributed by atoms with Crippen LogP contribution >= 0.6 is 0 Å². The summed E-state index contributed by atoms with van der Waals surface area (Å²) >= 11 is 0. The Labute approximate surface area is 140 Å². The minimum Gasteiger partial charge on any atom is -0.456 e. The fourth-order valence-electron chi connectivity index (χ4n) is 4.09. The smallest absolute Gasteiger partial charge is 0.189 e. The minimum atomic E-state index is 0.00356. The van der Waals surface area contributed by atoms with Crippen LogP contribution in [0.15, 0.2) is 57.9 Å². The molecule has 1 aliphatic carbocycles. The van der Waals surface area contributed by atoms with E-state index in [-0.39, 0.29) is 5.54 Å². The van der Waals surface area contributed by atoms with E-state index in [0.29, 0.717) is 5.96 Å². The second-order valence-corrected chi connectivity index (χ2v) is 6.88. The number of para-hydroxylation sites is 1. The zero-order valence-electron chi connectivity index (χ0n) is 13.4. The molecule has 0 radical (unpaired) electrons. The van der Waals surface area contributed by atoms with Crippen molar-refractivity contribution in [1.29, 1.82) is 0 Å². The lowest BCUT2D eigenvalue weighted by Gasteiger charge is -2.35. The van der Waals surface area contributed by atoms with Gasteiger partial charge in [-0.1, -0.05) is 36.4 Å². The topological polar surface area (TPSA) is 63.5 Å². The number of aliphatic imine (C=N–C) groups is 1. The average Bonchev–Trinajstić information content (AvgIpc) is 3.18. The van der Waals surface area contributed by atoms with Gasteiger partial charge in [-0.25, -0.2) is 0 Å². The molecule has 3 aromatic rings. The largest absolute Gasteiger partial charge is 0.456 e. The number of nitrogens with zero attached hydrogens (tertiary/aromatic N) is 1. The summed E-state index contributed by atoms with van der Waals surface area (Å²) in [6.07, 6.45) is 3.01. The fraction of sp³-hybridized carbons (Fsp3) is 0.250. The SMILES string of the molecule is NC1=NCC2(CCc3c(cccc3-c3cc4ccccc4o3)C2)N1. The van der Waals surface area contributed by atoms with Gasteiger partial charge in [0.15, 0.2) is 5.96 Å². The Balaban J connectivity index is 1.57. The summed E-state index contributed by atoms with van der Waals surface area (Å²) in [6, 6.07) is 16.8. The average molecular weight is 317 g/mol. The van der Waals surface area contributed by atoms with Gasteiger partial charge in [0, 0.05) is 10.9 Å². The number of nitrogens with one attached hydrogen (secondary N) is 1. The maximum Gasteiger partial charge on any atom is 0.189 e. The van der Waals surface area contributed by atoms with Gasteiger partial charge in [0.05, 0.1) is 12.1 Å². The Bertz CT molecular complexity index is 939. The highest BCUT2D eigenvalue weighted by molar-refractivity contribution is 5.84. The summed E-state index contributed by atoms with van der Waals surface area (Å²) < 4.78 is 6.10. The molecule has 1 unspecified atom stereocenters. The molecule has 1 aliphatic heterocycles. The van der Waals surface area contributed by atoms with Gasteiger partial charge in [-0.3, -0.25) is 4.99 Å². The molecule has 120 valence electrons. The van der Waals surface area contributed by atoms with Crippen LogP contribution in [0.3, 0.4) is 0 Å². The van der Waals surface area contributed by atoms with Crippen molar-refractivity contribution in [1.82, 2.24) is 5.32 Å². The standard InChI is InChI=1S/C20H19N3O/c21-19-22-12-20(23-19)9-8-15-14(11-20)5-3-6-16(15)18-10-13-4-1-2-7-17(13)24-18/h1-7,10H,8-9,11-12H2,(H3,21,22,23). The zero-order chi connectivity index (χ0) is 16.1. The predicted molar refractivity (Wildman–Crippen MR) is 96.0 cm³/mol. The molecule has 1 atom stereocenters. The van der Waals surface area contributed by atoms with Crippen molar-refractivity contribution in [2.24, 2.45) is 10.7 Å². The second-order valence-electron chi connectivity index (χ2n) is 6.88. The van der Waals surface area contributed by atoms with Crippen molar-refractivity contribution in [3.63, 3.8) is 0 Å². The lowest BCUT2D eigenvalue weighted by Crippen LogP contribution is -2.51. The van der Waals surface area contributed by atoms with Gasteiger partial charge in [-0.15, -0.1) is 0 Å². The van der Waals surface area contributed by atoms with Gasteiger partial charge >= 0.3 is 0 Å². The minimum absolute atomic E-state index is 0.00356. The molecule has 5 rings (SSSR count). The van der Waals surface area contributed by atoms with Crippen LogP contribution < -0.4 is 11.1 Å². The first-order valence-corrected chi connectivity index (χ1v) is 8.40. The van der Waals surface area contributed by atoms with Crippen LogP contribution in [0.1, 0.15) is 17.5 Å². The molecule has 4 heteroatoms. The third-order valence-corrected chi connectivity index (χ3v) is 5.29. The van der Waals surface area contributed by atoms with Crippen molar-refractivity contribution in [3.8, 4) is 11.3 Å². The number of furan rings is 1. The maximum atomic E-state index is 6.10. The van der Waals surface area contributed by atoms with Crippen molar-refractivity contribution in [3.05, 3.63) is 59.7 Å². The van der Waals surface area contributed by atoms with Crippen LogP contribution in [0.5, 0.6) is 0 Å². The van der Waals surface area contributed by atoms with E-state index >= 15 is 0 Å². The third kappa shape index (κ3) is 2.03. The highest BCUT2D eigenvalue weighted by atomic mass is 16.3. The van der Waals surface area contributed by atoms with Crippen molar-refractivity contribution < 1.29 is 4.42 Å². The molecule has 1 aromatic heterocycles. The Hall–Kier alpha value is -2.75. The van der Waals surface area contributed by atoms with Gasteiger partial charge < -0.3 is 15.5 Å². The number of guanidine groups is 1. The summed E-state index contributed by atoms with van der Waals surface area (Å²) in [5.74, 6) is 1.53. The van der Waals surface area contributed by atoms with E-state index in [1.165, 1.54) is 16.7 Å². The quantitative estimate of drug-likeness (QED) is 0.724. The third-order valence-electron chi connectivity index (χ3n) is 5.29. The lowest BCUT2D eigenvalue weighted by atomic mass is 9.76. The van der Waals surface area contributed by atoms with E-state index in [4.69, 9.17) is 10.2 Å². The first-order chi connectivity index (χ1) is 11.7. The van der Waals surface area contributed by atoms with Crippen molar-refractivity contribution in [2.75, 3.05) is 6.54 Å². The number of hydrogen-bond donors (Lipinski definition) is 2. The summed E-state index contributed by atoms with van der Waals surface area (Å²) in [6.45, 7) is 0.771. The summed E-state index contributed by atoms with van der Waals surface area (Å²) in [7, 11) is 0. The number of fused-ring (bicyclic) bond motifs is 2. The van der Waals surface area contributed by atoms with Crippen LogP contribution in [-0.2, 0) is 12.8 Å². The molecule has 0 bridgehead atoms. The van der Waals surface area contributed by atoms with Gasteiger partial charge in [0.1, 0.15) is 11.3 Å². The van der Waals surface area contributed by atoms with E-state index in [9.17, 15) is 0 Å². The van der Waals surface area contributed by atoms with E-state index in [1.807, 2.05) is 18.2 Å². The number of benzene rings is 2. The molecule has 0 amide bonds. The molecular weight excluding hydrogens is 298 g/mol. The molecule has 4 nitrogen and oxygen atoms in total. The Morgan fingerprint density at radius 1 is 1.12 bits per heavy atom. The molecule has 24 heavy (non-hydrogen) atoms. The molecular formula is C20H19N3O. The highest BCUT2D eigenvalue weighted by Crippen LogP contribution is 2.38. The normalized spacial score (nSPS) is 22.4. The molecule has 3 N–H and O–H groups in total. The molecule has 2 aliphatic rings. The summed E-state index contributed by atoms with van der Waals surface area (Å²) in [4.78, 5) is 4.36. The number of hydrogen-bond acceptors (Lipinski definition) is 4. The Morgan fingerprint density at radius 3 is 2.88 bits per heavy atom. The molecule has 2 heterocycles. The molecule has 0 saturated heterocycles. The monoisotopic (exact) mass is 317 g/mol. The fourth-order valence-corrected chi connectivity index (χ4v) is 4.09. The summed E-state index contributed by atoms with van der Waals surface area (Å²) in [5.41, 5.74) is 10.8. The Morgan fingerprint density at radius 2 is 2.04 bits per heavy atom. The van der Waals surface area contributed by atoms with Crippen LogP contribution in [0.4, 0.5) is 0 Å². The highest BCUT2D eigenvalue weighted by Gasteiger charge is 2.38. The maximum absolute atomic E-state index is 6.10. The Kier molecular flexibility index (Phi) is 2.77. The van der Waals surface area contributed by atoms with E-state index in [0.717, 1.165) is 42.5 Å². The molecule has 2 aromatic carbocycles. The molecule has 0 saturated carbocycles. The van der Waals surface area contributed by atoms with E-state index < -0.39 is 0 Å². The summed E-state index contributed by atoms with van der Waals surface area (Å²) in [5, 5.41) is 4.54. The molecule has 0 fully saturated rings. The lowest BCUT2D eigenvalue weighted by molar-refractivity contribution is 0.361. The number of nitrogens with two attached hydrogens (primary N) is 1. The zero-order valence-corrected chi connectivity index (χ0v) is 13.4. The number of rotatable bonds is 1. The van der Waals surface area contributed by atoms with E-state index in [2.05, 4.69) is 40.6 Å². The first-order valence-electron chi connectivity index (χ1n) is 8.40. The van der Waals surface area contributed by atoms with Gasteiger partial charge in [0.25, 0.3) is 0 Å². The van der Waals surface area contributed by atoms with Crippen LogP contribution in [0.25, 0.3) is 22.3 Å². The van der Waals surface area contributed by atoms with Crippen molar-refractivity contribution in [2.45, 2.75) is 24.8 Å². The first kappa shape index (κ1) is 13.7. The van der Waals surface area contributed by atoms with Crippen LogP contribution in [-0.4, -0.2) is 18.0 Å². The van der Waals surface area contributed by atoms with Crippen molar-refractivity contribution >= 4 is 16.9 Å². The van der Waals surface area contributed by atoms with Gasteiger partial charge in [0.2, 0.25) is 0 Å².